The molecule has 112 valence electrons. The first-order chi connectivity index (χ1) is 10.3. The smallest absolute Gasteiger partial charge is 0.266 e. The molecule has 0 radical (unpaired) electrons. The molecule has 0 fully saturated rings. The topological polar surface area (TPSA) is 73.8 Å². The Bertz CT molecular complexity index is 744. The fourth-order valence-electron chi connectivity index (χ4n) is 2.68. The highest BCUT2D eigenvalue weighted by Crippen LogP contribution is 2.24. The number of aromatic nitrogens is 4. The second kappa shape index (κ2) is 5.77. The molecule has 21 heavy (non-hydrogen) atoms. The fraction of sp³-hybridized carbons (Fsp3) is 0.571. The highest BCUT2D eigenvalue weighted by atomic mass is 16.5. The van der Waals surface area contributed by atoms with Gasteiger partial charge in [0.05, 0.1) is 5.56 Å². The van der Waals surface area contributed by atoms with E-state index in [9.17, 15) is 4.79 Å². The van der Waals surface area contributed by atoms with E-state index in [2.05, 4.69) is 22.1 Å². The molecule has 0 aromatic carbocycles. The summed E-state index contributed by atoms with van der Waals surface area (Å²) in [7, 11) is 1.58. The molecule has 0 atom stereocenters. The Balaban J connectivity index is 2.17. The van der Waals surface area contributed by atoms with Crippen LogP contribution >= 0.6 is 0 Å². The molecule has 0 saturated heterocycles. The van der Waals surface area contributed by atoms with Gasteiger partial charge in [-0.05, 0) is 6.42 Å². The third-order valence-electron chi connectivity index (χ3n) is 3.71. The zero-order chi connectivity index (χ0) is 14.8. The van der Waals surface area contributed by atoms with Crippen LogP contribution in [0.15, 0.2) is 9.79 Å². The maximum absolute atomic E-state index is 12.6. The second-order valence-electron chi connectivity index (χ2n) is 5.17. The Morgan fingerprint density at radius 2 is 2.19 bits per heavy atom. The lowest BCUT2D eigenvalue weighted by Crippen LogP contribution is -2.23. The number of aryl methyl sites for hydroxylation is 1. The van der Waals surface area contributed by atoms with E-state index >= 15 is 0 Å². The van der Waals surface area contributed by atoms with Crippen molar-refractivity contribution in [1.29, 1.82) is 0 Å². The summed E-state index contributed by atoms with van der Waals surface area (Å²) in [5.74, 6) is 1.83. The van der Waals surface area contributed by atoms with E-state index in [0.29, 0.717) is 18.0 Å². The standard InChI is InChI=1S/C14H19N5O2/c1-3-4-5-8-18-12-10(6-7-15-12)13(20)19-11(9-21-2)16-17-14(18)19/h7H,3-6,8-9H2,1-2H3. The van der Waals surface area contributed by atoms with Gasteiger partial charge in [-0.1, -0.05) is 19.8 Å². The lowest BCUT2D eigenvalue weighted by Gasteiger charge is -2.12. The van der Waals surface area contributed by atoms with Crippen LogP contribution in [-0.4, -0.2) is 32.5 Å². The number of ether oxygens (including phenoxy) is 1. The summed E-state index contributed by atoms with van der Waals surface area (Å²) >= 11 is 0. The molecule has 3 heterocycles. The van der Waals surface area contributed by atoms with E-state index in [1.165, 1.54) is 0 Å². The van der Waals surface area contributed by atoms with Crippen molar-refractivity contribution in [3.05, 3.63) is 21.7 Å². The molecule has 0 saturated carbocycles. The second-order valence-corrected chi connectivity index (χ2v) is 5.17. The molecular weight excluding hydrogens is 270 g/mol. The highest BCUT2D eigenvalue weighted by Gasteiger charge is 2.22. The number of methoxy groups -OCH3 is 1. The van der Waals surface area contributed by atoms with Gasteiger partial charge in [0.2, 0.25) is 5.78 Å². The van der Waals surface area contributed by atoms with E-state index in [1.54, 1.807) is 17.7 Å². The SMILES string of the molecule is CCCCCn1c2c(c(=O)n3c(COC)nnc13)CC=N2. The van der Waals surface area contributed by atoms with Crippen molar-refractivity contribution in [2.45, 2.75) is 45.8 Å². The normalized spacial score (nSPS) is 13.2. The number of rotatable bonds is 6. The molecule has 2 aromatic rings. The maximum Gasteiger partial charge on any atom is 0.266 e. The van der Waals surface area contributed by atoms with Gasteiger partial charge >= 0.3 is 0 Å². The van der Waals surface area contributed by atoms with E-state index in [-0.39, 0.29) is 12.2 Å². The van der Waals surface area contributed by atoms with Gasteiger partial charge in [-0.3, -0.25) is 9.36 Å². The van der Waals surface area contributed by atoms with E-state index in [0.717, 1.165) is 37.2 Å². The first-order valence-electron chi connectivity index (χ1n) is 7.29. The zero-order valence-electron chi connectivity index (χ0n) is 12.4. The Hall–Kier alpha value is -2.02. The summed E-state index contributed by atoms with van der Waals surface area (Å²) in [5.41, 5.74) is 0.637. The van der Waals surface area contributed by atoms with Crippen molar-refractivity contribution in [2.24, 2.45) is 4.99 Å². The van der Waals surface area contributed by atoms with Crippen LogP contribution in [0.2, 0.25) is 0 Å². The van der Waals surface area contributed by atoms with Gasteiger partial charge in [-0.25, -0.2) is 9.39 Å². The van der Waals surface area contributed by atoms with Gasteiger partial charge in [-0.15, -0.1) is 10.2 Å². The van der Waals surface area contributed by atoms with Crippen molar-refractivity contribution in [2.75, 3.05) is 7.11 Å². The quantitative estimate of drug-likeness (QED) is 0.755. The van der Waals surface area contributed by atoms with Crippen LogP contribution < -0.4 is 5.56 Å². The maximum atomic E-state index is 12.6. The van der Waals surface area contributed by atoms with Crippen LogP contribution in [-0.2, 0) is 24.3 Å². The van der Waals surface area contributed by atoms with Crippen molar-refractivity contribution < 1.29 is 4.74 Å². The first-order valence-corrected chi connectivity index (χ1v) is 7.29. The molecule has 2 aromatic heterocycles. The van der Waals surface area contributed by atoms with Crippen LogP contribution in [0.5, 0.6) is 0 Å². The number of aliphatic imine (C=N–C) groups is 1. The van der Waals surface area contributed by atoms with Gasteiger partial charge in [0.25, 0.3) is 5.56 Å². The number of fused-ring (bicyclic) bond motifs is 2. The monoisotopic (exact) mass is 289 g/mol. The van der Waals surface area contributed by atoms with Crippen LogP contribution in [0.1, 0.15) is 37.6 Å². The zero-order valence-corrected chi connectivity index (χ0v) is 12.4. The molecule has 0 spiro atoms. The summed E-state index contributed by atoms with van der Waals surface area (Å²) in [4.78, 5) is 17.0. The Kier molecular flexibility index (Phi) is 3.83. The van der Waals surface area contributed by atoms with Gasteiger partial charge in [0, 0.05) is 26.3 Å². The summed E-state index contributed by atoms with van der Waals surface area (Å²) in [6, 6.07) is 0. The van der Waals surface area contributed by atoms with Crippen molar-refractivity contribution in [1.82, 2.24) is 19.2 Å². The molecule has 0 unspecified atom stereocenters. The molecule has 0 amide bonds. The molecule has 3 rings (SSSR count). The van der Waals surface area contributed by atoms with Crippen molar-refractivity contribution in [3.8, 4) is 0 Å². The molecule has 1 aliphatic heterocycles. The number of nitrogens with zero attached hydrogens (tertiary/aromatic N) is 5. The van der Waals surface area contributed by atoms with Crippen LogP contribution in [0.4, 0.5) is 5.82 Å². The molecule has 7 nitrogen and oxygen atoms in total. The van der Waals surface area contributed by atoms with Crippen molar-refractivity contribution in [3.63, 3.8) is 0 Å². The van der Waals surface area contributed by atoms with E-state index in [4.69, 9.17) is 4.74 Å². The van der Waals surface area contributed by atoms with Crippen LogP contribution in [0.25, 0.3) is 5.78 Å². The minimum atomic E-state index is -0.0821. The van der Waals surface area contributed by atoms with Gasteiger partial charge < -0.3 is 4.74 Å². The summed E-state index contributed by atoms with van der Waals surface area (Å²) < 4.78 is 8.66. The number of hydrogen-bond donors (Lipinski definition) is 0. The molecule has 0 aliphatic carbocycles. The third-order valence-corrected chi connectivity index (χ3v) is 3.71. The van der Waals surface area contributed by atoms with E-state index in [1.807, 2.05) is 4.57 Å². The van der Waals surface area contributed by atoms with Crippen molar-refractivity contribution >= 4 is 17.8 Å². The average Bonchev–Trinajstić information content (AvgIpc) is 3.10. The Labute approximate surface area is 122 Å². The van der Waals surface area contributed by atoms with Crippen LogP contribution in [0, 0.1) is 0 Å². The molecular formula is C14H19N5O2. The summed E-state index contributed by atoms with van der Waals surface area (Å²) in [5, 5.41) is 8.27. The molecule has 0 N–H and O–H groups in total. The molecule has 7 heteroatoms. The minimum Gasteiger partial charge on any atom is -0.377 e. The predicted molar refractivity (Wildman–Crippen MR) is 79.3 cm³/mol. The first kappa shape index (κ1) is 13.9. The van der Waals surface area contributed by atoms with E-state index < -0.39 is 0 Å². The summed E-state index contributed by atoms with van der Waals surface area (Å²) in [6.45, 7) is 3.23. The Morgan fingerprint density at radius 3 is 2.95 bits per heavy atom. The predicted octanol–water partition coefficient (Wildman–Crippen LogP) is 1.49. The minimum absolute atomic E-state index is 0.0821. The average molecular weight is 289 g/mol. The highest BCUT2D eigenvalue weighted by molar-refractivity contribution is 5.74. The van der Waals surface area contributed by atoms with Gasteiger partial charge in [0.1, 0.15) is 12.4 Å². The molecule has 1 aliphatic rings. The van der Waals surface area contributed by atoms with Crippen LogP contribution in [0.3, 0.4) is 0 Å². The molecule has 0 bridgehead atoms. The van der Waals surface area contributed by atoms with Gasteiger partial charge in [-0.2, -0.15) is 0 Å². The Morgan fingerprint density at radius 1 is 1.33 bits per heavy atom. The third kappa shape index (κ3) is 2.27. The number of hydrogen-bond acceptors (Lipinski definition) is 5. The summed E-state index contributed by atoms with van der Waals surface area (Å²) in [6.07, 6.45) is 5.66. The lowest BCUT2D eigenvalue weighted by atomic mass is 10.2. The lowest BCUT2D eigenvalue weighted by molar-refractivity contribution is 0.176. The fourth-order valence-corrected chi connectivity index (χ4v) is 2.68. The number of unbranched alkanes of at least 4 members (excludes halogenated alkanes) is 2. The van der Waals surface area contributed by atoms with Gasteiger partial charge in [0.15, 0.2) is 5.82 Å². The largest absolute Gasteiger partial charge is 0.377 e.